The smallest absolute Gasteiger partial charge is 0.216 e. The van der Waals surface area contributed by atoms with Gasteiger partial charge in [-0.1, -0.05) is 38.1 Å². The van der Waals surface area contributed by atoms with Crippen LogP contribution in [0, 0.1) is 0 Å². The fraction of sp³-hybridized carbons (Fsp3) is 0.429. The highest BCUT2D eigenvalue weighted by Crippen LogP contribution is 2.23. The first kappa shape index (κ1) is 28.3. The lowest BCUT2D eigenvalue weighted by molar-refractivity contribution is -0.118. The van der Waals surface area contributed by atoms with Crippen LogP contribution in [0.25, 0.3) is 11.3 Å². The second-order valence-electron chi connectivity index (χ2n) is 9.05. The van der Waals surface area contributed by atoms with Crippen molar-refractivity contribution in [2.45, 2.75) is 39.7 Å². The van der Waals surface area contributed by atoms with Crippen molar-refractivity contribution in [2.75, 3.05) is 44.8 Å². The number of hydrogen-bond donors (Lipinski definition) is 1. The molecule has 0 saturated carbocycles. The summed E-state index contributed by atoms with van der Waals surface area (Å²) in [4.78, 5) is 33.0. The van der Waals surface area contributed by atoms with Crippen LogP contribution in [-0.4, -0.2) is 61.6 Å². The Bertz CT molecular complexity index is 1210. The number of ether oxygens (including phenoxy) is 1. The van der Waals surface area contributed by atoms with Gasteiger partial charge in [-0.2, -0.15) is 0 Å². The molecule has 9 heteroatoms. The van der Waals surface area contributed by atoms with Crippen LogP contribution in [0.4, 0.5) is 5.69 Å². The monoisotopic (exact) mass is 523 g/mol. The summed E-state index contributed by atoms with van der Waals surface area (Å²) in [6.45, 7) is 10.7. The first-order valence-corrected chi connectivity index (χ1v) is 13.5. The molecule has 1 aromatic carbocycles. The van der Waals surface area contributed by atoms with Gasteiger partial charge in [-0.15, -0.1) is 11.3 Å². The molecular formula is C28H37N5O3S. The van der Waals surface area contributed by atoms with Gasteiger partial charge in [-0.25, -0.2) is 0 Å². The number of aromatic nitrogens is 2. The molecule has 1 amide bonds. The van der Waals surface area contributed by atoms with Crippen molar-refractivity contribution in [3.05, 3.63) is 64.0 Å². The molecule has 1 saturated heterocycles. The van der Waals surface area contributed by atoms with E-state index < -0.39 is 0 Å². The zero-order valence-corrected chi connectivity index (χ0v) is 23.0. The third-order valence-corrected chi connectivity index (χ3v) is 7.01. The molecule has 3 aromatic rings. The Kier molecular flexibility index (Phi) is 11.0. The van der Waals surface area contributed by atoms with Gasteiger partial charge in [0, 0.05) is 57.4 Å². The number of aldehydes is 1. The van der Waals surface area contributed by atoms with Gasteiger partial charge in [-0.3, -0.25) is 19.6 Å². The summed E-state index contributed by atoms with van der Waals surface area (Å²) in [5, 5.41) is 5.00. The highest BCUT2D eigenvalue weighted by Gasteiger charge is 2.11. The van der Waals surface area contributed by atoms with Crippen LogP contribution in [0.3, 0.4) is 0 Å². The van der Waals surface area contributed by atoms with Crippen LogP contribution < -0.4 is 15.0 Å². The van der Waals surface area contributed by atoms with E-state index in [1.165, 1.54) is 16.8 Å². The summed E-state index contributed by atoms with van der Waals surface area (Å²) >= 11 is 1.65. The molecule has 8 nitrogen and oxygen atoms in total. The standard InChI is InChI=1S/C18H25N3OS.C10H12N2O2/c1-13(2)15-6-8-16(9-7-15)17-12-23-18(19-4)21(17)11-5-10-20-14(3)22;13-8-9-7-10(1-2-11-9)12-3-5-14-6-4-12/h6-9,12-13H,5,10-11H2,1-4H3,(H,20,22);1-2,7-8H,3-6H2. The van der Waals surface area contributed by atoms with E-state index in [9.17, 15) is 9.59 Å². The van der Waals surface area contributed by atoms with Gasteiger partial charge in [0.1, 0.15) is 5.69 Å². The molecule has 1 aliphatic rings. The Morgan fingerprint density at radius 1 is 1.22 bits per heavy atom. The molecule has 0 spiro atoms. The van der Waals surface area contributed by atoms with E-state index in [-0.39, 0.29) is 5.91 Å². The number of carbonyl (C=O) groups excluding carboxylic acids is 2. The van der Waals surface area contributed by atoms with Gasteiger partial charge in [-0.05, 0) is 35.6 Å². The normalized spacial score (nSPS) is 13.8. The highest BCUT2D eigenvalue weighted by atomic mass is 32.1. The molecule has 1 aliphatic heterocycles. The molecule has 1 N–H and O–H groups in total. The number of hydrogen-bond acceptors (Lipinski definition) is 7. The Hall–Kier alpha value is -3.30. The number of thiazole rings is 1. The van der Waals surface area contributed by atoms with E-state index in [2.05, 4.69) is 68.3 Å². The van der Waals surface area contributed by atoms with Crippen LogP contribution in [0.5, 0.6) is 0 Å². The predicted molar refractivity (Wildman–Crippen MR) is 149 cm³/mol. The van der Waals surface area contributed by atoms with Gasteiger partial charge in [0.15, 0.2) is 11.1 Å². The minimum absolute atomic E-state index is 0.0187. The molecule has 3 heterocycles. The van der Waals surface area contributed by atoms with Crippen molar-refractivity contribution in [3.8, 4) is 11.3 Å². The molecule has 0 bridgehead atoms. The molecule has 0 radical (unpaired) electrons. The first-order chi connectivity index (χ1) is 17.9. The number of morpholine rings is 1. The Morgan fingerprint density at radius 3 is 2.57 bits per heavy atom. The highest BCUT2D eigenvalue weighted by molar-refractivity contribution is 7.07. The molecule has 0 unspecified atom stereocenters. The van der Waals surface area contributed by atoms with Crippen molar-refractivity contribution in [1.29, 1.82) is 0 Å². The summed E-state index contributed by atoms with van der Waals surface area (Å²) in [6.07, 6.45) is 3.32. The van der Waals surface area contributed by atoms with Crippen LogP contribution in [0.15, 0.2) is 53.0 Å². The molecule has 0 aliphatic carbocycles. The second kappa shape index (κ2) is 14.4. The maximum Gasteiger partial charge on any atom is 0.216 e. The minimum atomic E-state index is 0.0187. The van der Waals surface area contributed by atoms with E-state index >= 15 is 0 Å². The van der Waals surface area contributed by atoms with E-state index in [0.29, 0.717) is 18.2 Å². The van der Waals surface area contributed by atoms with Crippen molar-refractivity contribution in [2.24, 2.45) is 4.99 Å². The summed E-state index contributed by atoms with van der Waals surface area (Å²) in [5.74, 6) is 0.558. The Balaban J connectivity index is 0.000000231. The fourth-order valence-corrected chi connectivity index (χ4v) is 4.91. The maximum atomic E-state index is 11.0. The lowest BCUT2D eigenvalue weighted by Crippen LogP contribution is -2.36. The quantitative estimate of drug-likeness (QED) is 0.354. The van der Waals surface area contributed by atoms with Crippen molar-refractivity contribution < 1.29 is 14.3 Å². The first-order valence-electron chi connectivity index (χ1n) is 12.6. The minimum Gasteiger partial charge on any atom is -0.378 e. The van der Waals surface area contributed by atoms with E-state index in [1.807, 2.05) is 13.1 Å². The van der Waals surface area contributed by atoms with E-state index in [4.69, 9.17) is 4.74 Å². The van der Waals surface area contributed by atoms with Crippen LogP contribution >= 0.6 is 11.3 Å². The second-order valence-corrected chi connectivity index (χ2v) is 9.88. The third-order valence-electron chi connectivity index (χ3n) is 6.06. The van der Waals surface area contributed by atoms with E-state index in [0.717, 1.165) is 56.0 Å². The Morgan fingerprint density at radius 2 is 1.95 bits per heavy atom. The number of amides is 1. The number of nitrogens with zero attached hydrogens (tertiary/aromatic N) is 4. The third kappa shape index (κ3) is 8.36. The number of pyridine rings is 1. The summed E-state index contributed by atoms with van der Waals surface area (Å²) in [5.41, 5.74) is 5.27. The number of nitrogens with one attached hydrogen (secondary N) is 1. The molecule has 37 heavy (non-hydrogen) atoms. The van der Waals surface area contributed by atoms with Gasteiger partial charge < -0.3 is 19.5 Å². The predicted octanol–water partition coefficient (Wildman–Crippen LogP) is 4.13. The van der Waals surface area contributed by atoms with Crippen LogP contribution in [-0.2, 0) is 16.1 Å². The zero-order valence-electron chi connectivity index (χ0n) is 22.1. The lowest BCUT2D eigenvalue weighted by Gasteiger charge is -2.28. The van der Waals surface area contributed by atoms with Gasteiger partial charge in [0.25, 0.3) is 0 Å². The largest absolute Gasteiger partial charge is 0.378 e. The average molecular weight is 524 g/mol. The zero-order chi connectivity index (χ0) is 26.6. The molecule has 198 valence electrons. The number of anilines is 1. The topological polar surface area (TPSA) is 88.8 Å². The number of rotatable bonds is 8. The molecule has 1 fully saturated rings. The van der Waals surface area contributed by atoms with Crippen molar-refractivity contribution in [3.63, 3.8) is 0 Å². The van der Waals surface area contributed by atoms with Crippen LogP contribution in [0.1, 0.15) is 49.2 Å². The average Bonchev–Trinajstić information content (AvgIpc) is 3.34. The van der Waals surface area contributed by atoms with Crippen LogP contribution in [0.2, 0.25) is 0 Å². The maximum absolute atomic E-state index is 11.0. The number of carbonyl (C=O) groups is 2. The van der Waals surface area contributed by atoms with Crippen molar-refractivity contribution >= 4 is 29.2 Å². The Labute approximate surface area is 223 Å². The lowest BCUT2D eigenvalue weighted by atomic mass is 10.0. The number of benzene rings is 1. The fourth-order valence-electron chi connectivity index (χ4n) is 4.01. The van der Waals surface area contributed by atoms with Crippen molar-refractivity contribution in [1.82, 2.24) is 14.9 Å². The summed E-state index contributed by atoms with van der Waals surface area (Å²) in [6, 6.07) is 12.5. The SMILES string of the molecule is CN=c1scc(-c2ccc(C(C)C)cc2)n1CCCNC(C)=O.O=Cc1cc(N2CCOCC2)ccn1. The summed E-state index contributed by atoms with van der Waals surface area (Å²) in [7, 11) is 1.82. The van der Waals surface area contributed by atoms with Gasteiger partial charge in [0.2, 0.25) is 5.91 Å². The summed E-state index contributed by atoms with van der Waals surface area (Å²) < 4.78 is 7.48. The molecule has 0 atom stereocenters. The molecule has 2 aromatic heterocycles. The van der Waals surface area contributed by atoms with Gasteiger partial charge >= 0.3 is 0 Å². The van der Waals surface area contributed by atoms with Gasteiger partial charge in [0.05, 0.1) is 18.9 Å². The van der Waals surface area contributed by atoms with E-state index in [1.54, 1.807) is 30.5 Å². The molecular weight excluding hydrogens is 486 g/mol. The molecule has 4 rings (SSSR count).